The largest absolute Gasteiger partial charge is 0.309 e. The molecule has 1 atom stereocenters. The van der Waals surface area contributed by atoms with Crippen LogP contribution in [0.2, 0.25) is 0 Å². The van der Waals surface area contributed by atoms with Crippen LogP contribution in [0.25, 0.3) is 38.4 Å². The highest BCUT2D eigenvalue weighted by Crippen LogP contribution is 2.43. The summed E-state index contributed by atoms with van der Waals surface area (Å²) < 4.78 is 17.2. The summed E-state index contributed by atoms with van der Waals surface area (Å²) >= 11 is 0. The maximum Gasteiger partial charge on any atom is 0.172 e. The van der Waals surface area contributed by atoms with Crippen molar-refractivity contribution in [3.05, 3.63) is 122 Å². The molecule has 35 heavy (non-hydrogen) atoms. The van der Waals surface area contributed by atoms with Gasteiger partial charge in [-0.25, -0.2) is 4.98 Å². The molecule has 0 saturated heterocycles. The second-order valence-corrected chi connectivity index (χ2v) is 11.4. The molecule has 0 spiro atoms. The van der Waals surface area contributed by atoms with Crippen LogP contribution in [-0.2, 0) is 4.57 Å². The first-order valence-electron chi connectivity index (χ1n) is 11.5. The molecular formula is C30H20N3OP. The predicted octanol–water partition coefficient (Wildman–Crippen LogP) is 5.83. The maximum absolute atomic E-state index is 14.9. The van der Waals surface area contributed by atoms with Crippen molar-refractivity contribution in [1.82, 2.24) is 14.4 Å². The van der Waals surface area contributed by atoms with E-state index in [-0.39, 0.29) is 0 Å². The lowest BCUT2D eigenvalue weighted by Gasteiger charge is -2.20. The van der Waals surface area contributed by atoms with Crippen LogP contribution in [0.3, 0.4) is 0 Å². The van der Waals surface area contributed by atoms with Crippen molar-refractivity contribution in [3.63, 3.8) is 0 Å². The van der Waals surface area contributed by atoms with Gasteiger partial charge in [-0.15, -0.1) is 0 Å². The van der Waals surface area contributed by atoms with Gasteiger partial charge >= 0.3 is 0 Å². The highest BCUT2D eigenvalue weighted by molar-refractivity contribution is 7.85. The summed E-state index contributed by atoms with van der Waals surface area (Å²) in [6, 6.07) is 36.2. The van der Waals surface area contributed by atoms with Gasteiger partial charge in [0.15, 0.2) is 7.14 Å². The molecule has 0 radical (unpaired) electrons. The van der Waals surface area contributed by atoms with Crippen LogP contribution in [0.4, 0.5) is 0 Å². The number of aromatic nitrogens is 3. The molecule has 0 bridgehead atoms. The van der Waals surface area contributed by atoms with Crippen molar-refractivity contribution in [1.29, 1.82) is 0 Å². The Morgan fingerprint density at radius 2 is 1.34 bits per heavy atom. The van der Waals surface area contributed by atoms with Gasteiger partial charge in [-0.3, -0.25) is 9.38 Å². The molecule has 4 nitrogen and oxygen atoms in total. The van der Waals surface area contributed by atoms with E-state index in [0.29, 0.717) is 0 Å². The number of benzene rings is 4. The van der Waals surface area contributed by atoms with E-state index in [0.717, 1.165) is 54.3 Å². The van der Waals surface area contributed by atoms with Crippen molar-refractivity contribution in [2.45, 2.75) is 0 Å². The lowest BCUT2D eigenvalue weighted by atomic mass is 10.1. The molecule has 0 fully saturated rings. The first kappa shape index (κ1) is 20.1. The molecule has 1 unspecified atom stereocenters. The molecule has 166 valence electrons. The third kappa shape index (κ3) is 2.90. The smallest absolute Gasteiger partial charge is 0.172 e. The molecule has 4 aromatic carbocycles. The Labute approximate surface area is 201 Å². The molecule has 0 aliphatic rings. The molecule has 3 aromatic heterocycles. The van der Waals surface area contributed by atoms with Gasteiger partial charge in [0.25, 0.3) is 0 Å². The zero-order valence-corrected chi connectivity index (χ0v) is 19.6. The molecule has 5 heteroatoms. The standard InChI is InChI=1S/C30H20N3OP/c34-35(21-9-2-1-3-10-21,23-11-8-18-31-20-23)22-16-17-25-26(19-22)24-12-4-6-14-28(24)33-29-15-7-5-13-27(29)32-30(25)33/h1-20H. The fraction of sp³-hybridized carbons (Fsp3) is 0. The monoisotopic (exact) mass is 469 g/mol. The third-order valence-corrected chi connectivity index (χ3v) is 9.76. The number of fused-ring (bicyclic) bond motifs is 8. The van der Waals surface area contributed by atoms with Crippen molar-refractivity contribution in [2.24, 2.45) is 0 Å². The lowest BCUT2D eigenvalue weighted by molar-refractivity contribution is 0.592. The van der Waals surface area contributed by atoms with Gasteiger partial charge < -0.3 is 4.57 Å². The SMILES string of the molecule is O=P(c1ccccc1)(c1cccnc1)c1ccc2c(c1)c1ccccc1n1c3ccccc3nc21. The molecule has 0 saturated carbocycles. The Bertz CT molecular complexity index is 1880. The van der Waals surface area contributed by atoms with Crippen LogP contribution in [0, 0.1) is 0 Å². The van der Waals surface area contributed by atoms with Crippen molar-refractivity contribution < 1.29 is 4.57 Å². The first-order valence-corrected chi connectivity index (χ1v) is 13.2. The van der Waals surface area contributed by atoms with E-state index in [4.69, 9.17) is 4.98 Å². The molecule has 0 amide bonds. The summed E-state index contributed by atoms with van der Waals surface area (Å²) in [5.41, 5.74) is 4.02. The fourth-order valence-electron chi connectivity index (χ4n) is 5.12. The van der Waals surface area contributed by atoms with Crippen molar-refractivity contribution in [2.75, 3.05) is 0 Å². The minimum Gasteiger partial charge on any atom is -0.309 e. The number of nitrogens with zero attached hydrogens (tertiary/aromatic N) is 3. The number of hydrogen-bond acceptors (Lipinski definition) is 3. The number of pyridine rings is 2. The maximum atomic E-state index is 14.9. The van der Waals surface area contributed by atoms with Gasteiger partial charge in [-0.05, 0) is 47.9 Å². The quantitative estimate of drug-likeness (QED) is 0.242. The van der Waals surface area contributed by atoms with Gasteiger partial charge in [0.1, 0.15) is 5.65 Å². The Kier molecular flexibility index (Phi) is 4.39. The third-order valence-electron chi connectivity index (χ3n) is 6.73. The Morgan fingerprint density at radius 3 is 2.17 bits per heavy atom. The highest BCUT2D eigenvalue weighted by Gasteiger charge is 2.30. The van der Waals surface area contributed by atoms with Gasteiger partial charge in [0.2, 0.25) is 0 Å². The van der Waals surface area contributed by atoms with E-state index < -0.39 is 7.14 Å². The van der Waals surface area contributed by atoms with E-state index in [1.807, 2.05) is 66.7 Å². The lowest BCUT2D eigenvalue weighted by Crippen LogP contribution is -2.25. The minimum absolute atomic E-state index is 0.725. The van der Waals surface area contributed by atoms with Crippen LogP contribution in [0.1, 0.15) is 0 Å². The normalized spacial score (nSPS) is 13.5. The summed E-state index contributed by atoms with van der Waals surface area (Å²) in [4.78, 5) is 9.28. The summed E-state index contributed by atoms with van der Waals surface area (Å²) in [7, 11) is -3.14. The molecular weight excluding hydrogens is 449 g/mol. The zero-order valence-electron chi connectivity index (χ0n) is 18.7. The molecule has 0 aliphatic carbocycles. The average molecular weight is 469 g/mol. The predicted molar refractivity (Wildman–Crippen MR) is 145 cm³/mol. The van der Waals surface area contributed by atoms with Gasteiger partial charge in [-0.2, -0.15) is 0 Å². The van der Waals surface area contributed by atoms with E-state index in [2.05, 4.69) is 51.8 Å². The summed E-state index contributed by atoms with van der Waals surface area (Å²) in [5.74, 6) is 0. The van der Waals surface area contributed by atoms with E-state index in [1.54, 1.807) is 12.4 Å². The number of rotatable bonds is 3. The average Bonchev–Trinajstić information content (AvgIpc) is 3.33. The van der Waals surface area contributed by atoms with Crippen LogP contribution < -0.4 is 15.9 Å². The van der Waals surface area contributed by atoms with Crippen LogP contribution in [0.15, 0.2) is 122 Å². The molecule has 7 rings (SSSR count). The second kappa shape index (κ2) is 7.63. The Balaban J connectivity index is 1.62. The van der Waals surface area contributed by atoms with Gasteiger partial charge in [-0.1, -0.05) is 66.7 Å². The zero-order chi connectivity index (χ0) is 23.4. The molecule has 0 aliphatic heterocycles. The molecule has 0 N–H and O–H groups in total. The van der Waals surface area contributed by atoms with E-state index in [9.17, 15) is 4.57 Å². The summed E-state index contributed by atoms with van der Waals surface area (Å²) in [6.45, 7) is 0. The Morgan fingerprint density at radius 1 is 0.600 bits per heavy atom. The number of hydrogen-bond donors (Lipinski definition) is 0. The molecule has 7 aromatic rings. The van der Waals surface area contributed by atoms with Crippen molar-refractivity contribution in [3.8, 4) is 0 Å². The van der Waals surface area contributed by atoms with Crippen LogP contribution >= 0.6 is 7.14 Å². The molecule has 3 heterocycles. The van der Waals surface area contributed by atoms with Gasteiger partial charge in [0.05, 0.1) is 16.6 Å². The number of para-hydroxylation sites is 3. The van der Waals surface area contributed by atoms with Crippen molar-refractivity contribution >= 4 is 61.4 Å². The second-order valence-electron chi connectivity index (χ2n) is 8.66. The van der Waals surface area contributed by atoms with E-state index >= 15 is 0 Å². The minimum atomic E-state index is -3.14. The highest BCUT2D eigenvalue weighted by atomic mass is 31.2. The summed E-state index contributed by atoms with van der Waals surface area (Å²) in [5, 5.41) is 5.49. The van der Waals surface area contributed by atoms with E-state index in [1.165, 1.54) is 0 Å². The van der Waals surface area contributed by atoms with Crippen LogP contribution in [-0.4, -0.2) is 14.4 Å². The Hall–Kier alpha value is -4.27. The van der Waals surface area contributed by atoms with Crippen LogP contribution in [0.5, 0.6) is 0 Å². The first-order chi connectivity index (χ1) is 17.2. The number of imidazole rings is 1. The topological polar surface area (TPSA) is 47.3 Å². The summed E-state index contributed by atoms with van der Waals surface area (Å²) in [6.07, 6.45) is 3.44. The fourth-order valence-corrected chi connectivity index (χ4v) is 7.73. The van der Waals surface area contributed by atoms with Gasteiger partial charge in [0, 0.05) is 39.1 Å².